The normalized spacial score (nSPS) is 17.1. The highest BCUT2D eigenvalue weighted by molar-refractivity contribution is 6.21. The number of imide groups is 1. The van der Waals surface area contributed by atoms with Gasteiger partial charge >= 0.3 is 6.03 Å². The molecule has 2 aliphatic heterocycles. The molecular weight excluding hydrogens is 394 g/mol. The smallest absolute Gasteiger partial charge is 0.320 e. The van der Waals surface area contributed by atoms with Crippen molar-refractivity contribution in [2.75, 3.05) is 11.9 Å². The fraction of sp³-hybridized carbons (Fsp3) is 0.125. The van der Waals surface area contributed by atoms with Gasteiger partial charge in [0, 0.05) is 17.8 Å². The van der Waals surface area contributed by atoms with E-state index >= 15 is 0 Å². The van der Waals surface area contributed by atoms with Crippen LogP contribution in [0.2, 0.25) is 0 Å². The summed E-state index contributed by atoms with van der Waals surface area (Å²) < 4.78 is 0. The van der Waals surface area contributed by atoms with E-state index in [0.29, 0.717) is 22.4 Å². The Labute approximate surface area is 178 Å². The van der Waals surface area contributed by atoms with Crippen LogP contribution in [0.1, 0.15) is 43.4 Å². The van der Waals surface area contributed by atoms with E-state index in [4.69, 9.17) is 0 Å². The number of rotatable bonds is 4. The van der Waals surface area contributed by atoms with Gasteiger partial charge in [0.1, 0.15) is 5.75 Å². The number of anilines is 1. The van der Waals surface area contributed by atoms with E-state index in [1.54, 1.807) is 36.4 Å². The molecule has 2 heterocycles. The monoisotopic (exact) mass is 413 g/mol. The lowest BCUT2D eigenvalue weighted by Gasteiger charge is -2.28. The second kappa shape index (κ2) is 7.28. The molecule has 3 aromatic carbocycles. The molecule has 0 spiro atoms. The highest BCUT2D eigenvalue weighted by atomic mass is 16.3. The molecule has 0 bridgehead atoms. The molecule has 0 saturated heterocycles. The van der Waals surface area contributed by atoms with Crippen molar-refractivity contribution in [2.45, 2.75) is 12.5 Å². The summed E-state index contributed by atoms with van der Waals surface area (Å²) in [6, 6.07) is 18.8. The van der Waals surface area contributed by atoms with Gasteiger partial charge in [0.25, 0.3) is 11.8 Å². The first kappa shape index (κ1) is 18.9. The number of carbonyl (C=O) groups is 3. The fourth-order valence-corrected chi connectivity index (χ4v) is 4.15. The Morgan fingerprint density at radius 3 is 2.19 bits per heavy atom. The summed E-state index contributed by atoms with van der Waals surface area (Å²) in [5, 5.41) is 16.3. The maximum absolute atomic E-state index is 12.6. The van der Waals surface area contributed by atoms with E-state index in [1.165, 1.54) is 4.90 Å². The maximum Gasteiger partial charge on any atom is 0.320 e. The number of benzene rings is 3. The molecule has 7 nitrogen and oxygen atoms in total. The minimum absolute atomic E-state index is 0.0502. The zero-order valence-corrected chi connectivity index (χ0v) is 16.5. The highest BCUT2D eigenvalue weighted by Gasteiger charge is 2.35. The number of urea groups is 1. The van der Waals surface area contributed by atoms with Crippen molar-refractivity contribution < 1.29 is 19.5 Å². The largest absolute Gasteiger partial charge is 0.508 e. The van der Waals surface area contributed by atoms with Gasteiger partial charge in [-0.1, -0.05) is 42.5 Å². The molecule has 0 radical (unpaired) electrons. The van der Waals surface area contributed by atoms with Crippen LogP contribution in [0.15, 0.2) is 66.7 Å². The van der Waals surface area contributed by atoms with E-state index in [9.17, 15) is 19.5 Å². The highest BCUT2D eigenvalue weighted by Crippen LogP contribution is 2.36. The van der Waals surface area contributed by atoms with Gasteiger partial charge in [-0.3, -0.25) is 14.5 Å². The third-order valence-electron chi connectivity index (χ3n) is 5.70. The Morgan fingerprint density at radius 1 is 0.871 bits per heavy atom. The van der Waals surface area contributed by atoms with Crippen LogP contribution in [0.4, 0.5) is 10.5 Å². The van der Waals surface area contributed by atoms with Crippen LogP contribution in [0.25, 0.3) is 0 Å². The first-order chi connectivity index (χ1) is 15.0. The van der Waals surface area contributed by atoms with E-state index < -0.39 is 0 Å². The minimum Gasteiger partial charge on any atom is -0.508 e. The zero-order chi connectivity index (χ0) is 21.5. The molecule has 3 N–H and O–H groups in total. The summed E-state index contributed by atoms with van der Waals surface area (Å²) in [5.41, 5.74) is 3.57. The Hall–Kier alpha value is -4.13. The molecule has 154 valence electrons. The molecule has 1 atom stereocenters. The number of nitrogens with one attached hydrogen (secondary N) is 2. The molecule has 4 amide bonds. The predicted octanol–water partition coefficient (Wildman–Crippen LogP) is 3.46. The van der Waals surface area contributed by atoms with E-state index in [0.717, 1.165) is 11.1 Å². The predicted molar refractivity (Wildman–Crippen MR) is 114 cm³/mol. The van der Waals surface area contributed by atoms with E-state index in [2.05, 4.69) is 10.6 Å². The first-order valence-electron chi connectivity index (χ1n) is 9.96. The summed E-state index contributed by atoms with van der Waals surface area (Å²) >= 11 is 0. The summed E-state index contributed by atoms with van der Waals surface area (Å²) in [6.45, 7) is 0.132. The molecule has 1 unspecified atom stereocenters. The lowest BCUT2D eigenvalue weighted by Crippen LogP contribution is -2.38. The summed E-state index contributed by atoms with van der Waals surface area (Å²) in [7, 11) is 0. The molecule has 3 aromatic rings. The molecular formula is C24H19N3O4. The third-order valence-corrected chi connectivity index (χ3v) is 5.70. The topological polar surface area (TPSA) is 98.7 Å². The molecule has 7 heteroatoms. The number of fused-ring (bicyclic) bond motifs is 2. The quantitative estimate of drug-likeness (QED) is 0.451. The second-order valence-electron chi connectivity index (χ2n) is 7.57. The maximum atomic E-state index is 12.6. The number of carbonyl (C=O) groups excluding carboxylic acids is 3. The molecule has 31 heavy (non-hydrogen) atoms. The average Bonchev–Trinajstić information content (AvgIpc) is 3.03. The summed E-state index contributed by atoms with van der Waals surface area (Å²) in [5.74, 6) is -0.617. The number of aromatic hydroxyl groups is 1. The van der Waals surface area contributed by atoms with Crippen LogP contribution < -0.4 is 10.6 Å². The van der Waals surface area contributed by atoms with Gasteiger partial charge in [-0.15, -0.1) is 0 Å². The fourth-order valence-electron chi connectivity index (χ4n) is 4.15. The van der Waals surface area contributed by atoms with Crippen LogP contribution in [0, 0.1) is 0 Å². The van der Waals surface area contributed by atoms with Crippen molar-refractivity contribution in [3.8, 4) is 5.75 Å². The number of phenolic OH excluding ortho intramolecular Hbond substituents is 1. The van der Waals surface area contributed by atoms with Crippen molar-refractivity contribution >= 4 is 23.5 Å². The van der Waals surface area contributed by atoms with Gasteiger partial charge in [0.15, 0.2) is 0 Å². The Morgan fingerprint density at radius 2 is 1.52 bits per heavy atom. The number of nitrogens with zero attached hydrogens (tertiary/aromatic N) is 1. The zero-order valence-electron chi connectivity index (χ0n) is 16.5. The van der Waals surface area contributed by atoms with Gasteiger partial charge in [-0.05, 0) is 41.8 Å². The number of amides is 4. The Kier molecular flexibility index (Phi) is 4.43. The first-order valence-corrected chi connectivity index (χ1v) is 9.96. The summed E-state index contributed by atoms with van der Waals surface area (Å²) in [6.07, 6.45) is 0.268. The lowest BCUT2D eigenvalue weighted by molar-refractivity contribution is 0.0655. The Bertz CT molecular complexity index is 1190. The molecule has 2 aliphatic rings. The van der Waals surface area contributed by atoms with Crippen molar-refractivity contribution in [1.82, 2.24) is 10.2 Å². The van der Waals surface area contributed by atoms with Gasteiger partial charge in [-0.2, -0.15) is 0 Å². The van der Waals surface area contributed by atoms with Crippen LogP contribution >= 0.6 is 0 Å². The van der Waals surface area contributed by atoms with Crippen LogP contribution in [-0.4, -0.2) is 34.4 Å². The van der Waals surface area contributed by atoms with Gasteiger partial charge in [0.05, 0.1) is 17.2 Å². The van der Waals surface area contributed by atoms with E-state index in [1.807, 2.05) is 30.3 Å². The molecule has 0 aromatic heterocycles. The van der Waals surface area contributed by atoms with Crippen LogP contribution in [-0.2, 0) is 6.42 Å². The Balaban J connectivity index is 1.41. The number of hydrogen-bond donors (Lipinski definition) is 3. The number of phenols is 1. The van der Waals surface area contributed by atoms with E-state index in [-0.39, 0.29) is 42.6 Å². The minimum atomic E-state index is -0.388. The van der Waals surface area contributed by atoms with Crippen LogP contribution in [0.3, 0.4) is 0 Å². The van der Waals surface area contributed by atoms with Crippen LogP contribution in [0.5, 0.6) is 5.75 Å². The summed E-state index contributed by atoms with van der Waals surface area (Å²) in [4.78, 5) is 38.5. The molecule has 5 rings (SSSR count). The van der Waals surface area contributed by atoms with Crippen molar-refractivity contribution in [2.24, 2.45) is 0 Å². The van der Waals surface area contributed by atoms with Crippen molar-refractivity contribution in [3.63, 3.8) is 0 Å². The second-order valence-corrected chi connectivity index (χ2v) is 7.57. The standard InChI is InChI=1S/C24H19N3O4/c28-20-13-18-19(25-24(31)26-21(18)14-6-2-1-3-7-14)12-15(20)10-11-27-22(29)16-8-4-5-9-17(16)23(27)30/h1-9,12-13,21,28H,10-11H2,(H2,25,26,31). The average molecular weight is 413 g/mol. The van der Waals surface area contributed by atoms with Gasteiger partial charge < -0.3 is 15.7 Å². The third kappa shape index (κ3) is 3.20. The lowest BCUT2D eigenvalue weighted by atomic mass is 9.93. The SMILES string of the molecule is O=C1Nc2cc(CCN3C(=O)c4ccccc4C3=O)c(O)cc2C(c2ccccc2)N1. The van der Waals surface area contributed by atoms with Crippen molar-refractivity contribution in [1.29, 1.82) is 0 Å². The van der Waals surface area contributed by atoms with Gasteiger partial charge in [-0.25, -0.2) is 4.79 Å². The molecule has 0 aliphatic carbocycles. The van der Waals surface area contributed by atoms with Crippen molar-refractivity contribution in [3.05, 3.63) is 94.5 Å². The molecule has 0 fully saturated rings. The molecule has 0 saturated carbocycles. The number of hydrogen-bond acceptors (Lipinski definition) is 4. The van der Waals surface area contributed by atoms with Gasteiger partial charge in [0.2, 0.25) is 0 Å².